The molecular weight excluding hydrogens is 413 g/mol. The maximum atomic E-state index is 13.0. The number of carbonyl (C=O) groups is 1. The zero-order chi connectivity index (χ0) is 22.6. The first-order valence-corrected chi connectivity index (χ1v) is 9.85. The summed E-state index contributed by atoms with van der Waals surface area (Å²) in [5.41, 5.74) is 0.639. The number of alkyl halides is 3. The molecule has 168 valence electrons. The van der Waals surface area contributed by atoms with Crippen LogP contribution in [-0.4, -0.2) is 58.3 Å². The van der Waals surface area contributed by atoms with E-state index in [1.54, 1.807) is 17.0 Å². The van der Waals surface area contributed by atoms with Crippen molar-refractivity contribution in [3.63, 3.8) is 0 Å². The maximum Gasteiger partial charge on any atom is 0.416 e. The standard InChI is InChI=1S/C22H25F3N2O4/c1-29-18-12-16(13-19(30-2)20(18)31-3)21(28)27-10-8-26(9-11-27)14-15-4-6-17(7-5-15)22(23,24)25/h4-7,12-13H,8-11,14H2,1-3H3/p+1. The lowest BCUT2D eigenvalue weighted by Crippen LogP contribution is -3.13. The molecule has 3 rings (SSSR count). The monoisotopic (exact) mass is 439 g/mol. The number of hydrogen-bond acceptors (Lipinski definition) is 4. The summed E-state index contributed by atoms with van der Waals surface area (Å²) in [6.45, 7) is 3.12. The van der Waals surface area contributed by atoms with Crippen LogP contribution in [0.25, 0.3) is 0 Å². The lowest BCUT2D eigenvalue weighted by molar-refractivity contribution is -0.917. The van der Waals surface area contributed by atoms with Crippen molar-refractivity contribution in [2.45, 2.75) is 12.7 Å². The van der Waals surface area contributed by atoms with Crippen molar-refractivity contribution in [3.8, 4) is 17.2 Å². The summed E-state index contributed by atoms with van der Waals surface area (Å²) in [4.78, 5) is 16.0. The van der Waals surface area contributed by atoms with Gasteiger partial charge in [0.15, 0.2) is 11.5 Å². The molecule has 0 saturated carbocycles. The molecule has 9 heteroatoms. The van der Waals surface area contributed by atoms with Crippen LogP contribution >= 0.6 is 0 Å². The molecule has 1 N–H and O–H groups in total. The number of halogens is 3. The molecule has 1 aliphatic rings. The van der Waals surface area contributed by atoms with Gasteiger partial charge in [-0.1, -0.05) is 12.1 Å². The van der Waals surface area contributed by atoms with Crippen molar-refractivity contribution in [1.82, 2.24) is 4.90 Å². The molecule has 2 aromatic rings. The third-order valence-corrected chi connectivity index (χ3v) is 5.40. The number of benzene rings is 2. The molecule has 6 nitrogen and oxygen atoms in total. The Kier molecular flexibility index (Phi) is 6.94. The summed E-state index contributed by atoms with van der Waals surface area (Å²) in [6.07, 6.45) is -4.33. The number of nitrogens with one attached hydrogen (secondary N) is 1. The largest absolute Gasteiger partial charge is 0.493 e. The van der Waals surface area contributed by atoms with E-state index in [2.05, 4.69) is 0 Å². The van der Waals surface area contributed by atoms with Gasteiger partial charge in [0.2, 0.25) is 5.75 Å². The Labute approximate surface area is 179 Å². The predicted octanol–water partition coefficient (Wildman–Crippen LogP) is 2.27. The summed E-state index contributed by atoms with van der Waals surface area (Å²) in [6, 6.07) is 8.51. The number of nitrogens with zero attached hydrogens (tertiary/aromatic N) is 1. The Hall–Kier alpha value is -2.94. The number of piperazine rings is 1. The lowest BCUT2D eigenvalue weighted by atomic mass is 10.1. The Morgan fingerprint density at radius 3 is 1.97 bits per heavy atom. The summed E-state index contributed by atoms with van der Waals surface area (Å²) < 4.78 is 54.1. The van der Waals surface area contributed by atoms with E-state index >= 15 is 0 Å². The van der Waals surface area contributed by atoms with Gasteiger partial charge in [-0.2, -0.15) is 13.2 Å². The number of hydrogen-bond donors (Lipinski definition) is 1. The lowest BCUT2D eigenvalue weighted by Gasteiger charge is -2.32. The quantitative estimate of drug-likeness (QED) is 0.751. The fraction of sp³-hybridized carbons (Fsp3) is 0.409. The van der Waals surface area contributed by atoms with Crippen LogP contribution in [0.15, 0.2) is 36.4 Å². The molecule has 2 aromatic carbocycles. The predicted molar refractivity (Wildman–Crippen MR) is 108 cm³/mol. The molecule has 1 fully saturated rings. The van der Waals surface area contributed by atoms with Crippen LogP contribution in [0.1, 0.15) is 21.5 Å². The van der Waals surface area contributed by atoms with E-state index in [0.717, 1.165) is 17.7 Å². The molecule has 1 amide bonds. The Balaban J connectivity index is 1.62. The second kappa shape index (κ2) is 9.47. The zero-order valence-electron chi connectivity index (χ0n) is 17.7. The summed E-state index contributed by atoms with van der Waals surface area (Å²) in [5, 5.41) is 0. The maximum absolute atomic E-state index is 13.0. The van der Waals surface area contributed by atoms with Gasteiger partial charge in [-0.3, -0.25) is 4.79 Å². The van der Waals surface area contributed by atoms with E-state index in [1.165, 1.54) is 38.4 Å². The number of amides is 1. The van der Waals surface area contributed by atoms with Crippen LogP contribution in [0.2, 0.25) is 0 Å². The molecule has 0 bridgehead atoms. The van der Waals surface area contributed by atoms with Gasteiger partial charge in [0.25, 0.3) is 5.91 Å². The van der Waals surface area contributed by atoms with Gasteiger partial charge < -0.3 is 24.0 Å². The van der Waals surface area contributed by atoms with Crippen LogP contribution in [0.5, 0.6) is 17.2 Å². The SMILES string of the molecule is COc1cc(C(=O)N2CC[NH+](Cc3ccc(C(F)(F)F)cc3)CC2)cc(OC)c1OC. The minimum atomic E-state index is -4.33. The smallest absolute Gasteiger partial charge is 0.416 e. The van der Waals surface area contributed by atoms with E-state index in [9.17, 15) is 18.0 Å². The summed E-state index contributed by atoms with van der Waals surface area (Å²) in [7, 11) is 4.49. The first-order valence-electron chi connectivity index (χ1n) is 9.85. The fourth-order valence-corrected chi connectivity index (χ4v) is 3.69. The van der Waals surface area contributed by atoms with Crippen molar-refractivity contribution in [2.24, 2.45) is 0 Å². The van der Waals surface area contributed by atoms with Crippen molar-refractivity contribution < 1.29 is 37.1 Å². The Morgan fingerprint density at radius 2 is 1.52 bits per heavy atom. The van der Waals surface area contributed by atoms with Crippen LogP contribution in [0.3, 0.4) is 0 Å². The van der Waals surface area contributed by atoms with Crippen LogP contribution in [-0.2, 0) is 12.7 Å². The second-order valence-electron chi connectivity index (χ2n) is 7.33. The molecule has 0 radical (unpaired) electrons. The van der Waals surface area contributed by atoms with Gasteiger partial charge in [-0.05, 0) is 24.3 Å². The highest BCUT2D eigenvalue weighted by molar-refractivity contribution is 5.95. The molecule has 0 spiro atoms. The van der Waals surface area contributed by atoms with Gasteiger partial charge in [-0.15, -0.1) is 0 Å². The highest BCUT2D eigenvalue weighted by atomic mass is 19.4. The van der Waals surface area contributed by atoms with Crippen LogP contribution < -0.4 is 19.1 Å². The molecule has 1 aliphatic heterocycles. The normalized spacial score (nSPS) is 15.0. The third-order valence-electron chi connectivity index (χ3n) is 5.40. The Bertz CT molecular complexity index is 883. The number of carbonyl (C=O) groups excluding carboxylic acids is 1. The van der Waals surface area contributed by atoms with E-state index in [-0.39, 0.29) is 5.91 Å². The second-order valence-corrected chi connectivity index (χ2v) is 7.33. The van der Waals surface area contributed by atoms with Crippen molar-refractivity contribution in [3.05, 3.63) is 53.1 Å². The van der Waals surface area contributed by atoms with Crippen LogP contribution in [0, 0.1) is 0 Å². The minimum Gasteiger partial charge on any atom is -0.493 e. The molecule has 0 atom stereocenters. The van der Waals surface area contributed by atoms with Gasteiger partial charge in [-0.25, -0.2) is 0 Å². The molecule has 1 heterocycles. The van der Waals surface area contributed by atoms with Crippen LogP contribution in [0.4, 0.5) is 13.2 Å². The van der Waals surface area contributed by atoms with Crippen molar-refractivity contribution in [1.29, 1.82) is 0 Å². The van der Waals surface area contributed by atoms with Crippen molar-refractivity contribution >= 4 is 5.91 Å². The third kappa shape index (κ3) is 5.22. The molecule has 1 saturated heterocycles. The first-order chi connectivity index (χ1) is 14.8. The summed E-state index contributed by atoms with van der Waals surface area (Å²) in [5.74, 6) is 1.12. The molecule has 0 aromatic heterocycles. The number of methoxy groups -OCH3 is 3. The highest BCUT2D eigenvalue weighted by Gasteiger charge is 2.30. The van der Waals surface area contributed by atoms with Gasteiger partial charge >= 0.3 is 6.18 Å². The van der Waals surface area contributed by atoms with Gasteiger partial charge in [0, 0.05) is 11.1 Å². The van der Waals surface area contributed by atoms with Gasteiger partial charge in [0.05, 0.1) is 53.1 Å². The average molecular weight is 439 g/mol. The number of quaternary nitrogens is 1. The molecule has 0 unspecified atom stereocenters. The number of rotatable bonds is 6. The first kappa shape index (κ1) is 22.7. The zero-order valence-corrected chi connectivity index (χ0v) is 17.7. The minimum absolute atomic E-state index is 0.132. The number of ether oxygens (including phenoxy) is 3. The molecule has 0 aliphatic carbocycles. The Morgan fingerprint density at radius 1 is 0.968 bits per heavy atom. The van der Waals surface area contributed by atoms with Crippen molar-refractivity contribution in [2.75, 3.05) is 47.5 Å². The van der Waals surface area contributed by atoms with Gasteiger partial charge in [0.1, 0.15) is 6.54 Å². The average Bonchev–Trinajstić information content (AvgIpc) is 2.77. The highest BCUT2D eigenvalue weighted by Crippen LogP contribution is 2.38. The van der Waals surface area contributed by atoms with E-state index in [1.807, 2.05) is 0 Å². The molecule has 31 heavy (non-hydrogen) atoms. The fourth-order valence-electron chi connectivity index (χ4n) is 3.69. The van der Waals surface area contributed by atoms with E-state index < -0.39 is 11.7 Å². The molecular formula is C22H26F3N2O4+. The van der Waals surface area contributed by atoms with E-state index in [4.69, 9.17) is 14.2 Å². The summed E-state index contributed by atoms with van der Waals surface area (Å²) >= 11 is 0. The van der Waals surface area contributed by atoms with E-state index in [0.29, 0.717) is 55.5 Å². The topological polar surface area (TPSA) is 52.4 Å².